The zero-order valence-electron chi connectivity index (χ0n) is 9.56. The highest BCUT2D eigenvalue weighted by atomic mass is 16.4. The van der Waals surface area contributed by atoms with Gasteiger partial charge in [0.1, 0.15) is 5.76 Å². The van der Waals surface area contributed by atoms with Gasteiger partial charge >= 0.3 is 5.97 Å². The number of aromatic carboxylic acids is 1. The molecule has 0 saturated carbocycles. The molecule has 2 heterocycles. The Balaban J connectivity index is 1.97. The Kier molecular flexibility index (Phi) is 3.13. The van der Waals surface area contributed by atoms with Gasteiger partial charge in [0, 0.05) is 5.69 Å². The van der Waals surface area contributed by atoms with E-state index in [0.717, 1.165) is 0 Å². The number of carboxylic acid groups (broad SMARTS) is 1. The van der Waals surface area contributed by atoms with Crippen LogP contribution < -0.4 is 5.32 Å². The quantitative estimate of drug-likeness (QED) is 0.747. The minimum atomic E-state index is -1.14. The van der Waals surface area contributed by atoms with E-state index in [1.54, 1.807) is 6.92 Å². The van der Waals surface area contributed by atoms with E-state index in [-0.39, 0.29) is 18.2 Å². The Hall–Kier alpha value is -2.57. The average molecular weight is 249 g/mol. The summed E-state index contributed by atoms with van der Waals surface area (Å²) in [7, 11) is 0. The molecule has 0 saturated heterocycles. The number of amides is 1. The molecule has 2 rings (SSSR count). The summed E-state index contributed by atoms with van der Waals surface area (Å²) >= 11 is 0. The van der Waals surface area contributed by atoms with E-state index in [0.29, 0.717) is 17.0 Å². The SMILES string of the molecule is Cc1[nH]ncc1C(=O)NCc1ccc(C(=O)O)o1. The molecule has 7 nitrogen and oxygen atoms in total. The number of hydrogen-bond acceptors (Lipinski definition) is 4. The van der Waals surface area contributed by atoms with Crippen molar-refractivity contribution in [1.82, 2.24) is 15.5 Å². The topological polar surface area (TPSA) is 108 Å². The average Bonchev–Trinajstić information content (AvgIpc) is 2.94. The highest BCUT2D eigenvalue weighted by Gasteiger charge is 2.12. The third-order valence-electron chi connectivity index (χ3n) is 2.37. The normalized spacial score (nSPS) is 10.3. The molecule has 0 aliphatic rings. The monoisotopic (exact) mass is 249 g/mol. The van der Waals surface area contributed by atoms with Crippen LogP contribution in [0.4, 0.5) is 0 Å². The van der Waals surface area contributed by atoms with Gasteiger partial charge in [-0.25, -0.2) is 4.79 Å². The molecule has 0 unspecified atom stereocenters. The van der Waals surface area contributed by atoms with Crippen LogP contribution in [0, 0.1) is 6.92 Å². The van der Waals surface area contributed by atoms with Crippen molar-refractivity contribution >= 4 is 11.9 Å². The second kappa shape index (κ2) is 4.74. The molecule has 0 aromatic carbocycles. The number of H-pyrrole nitrogens is 1. The molecule has 0 spiro atoms. The van der Waals surface area contributed by atoms with Crippen LogP contribution in [0.1, 0.15) is 32.4 Å². The largest absolute Gasteiger partial charge is 0.475 e. The van der Waals surface area contributed by atoms with Crippen molar-refractivity contribution in [2.45, 2.75) is 13.5 Å². The zero-order chi connectivity index (χ0) is 13.1. The second-order valence-electron chi connectivity index (χ2n) is 3.66. The fraction of sp³-hybridized carbons (Fsp3) is 0.182. The van der Waals surface area contributed by atoms with Crippen LogP contribution in [-0.4, -0.2) is 27.2 Å². The lowest BCUT2D eigenvalue weighted by molar-refractivity contribution is 0.0660. The number of carbonyl (C=O) groups is 2. The van der Waals surface area contributed by atoms with Crippen LogP contribution in [0.2, 0.25) is 0 Å². The van der Waals surface area contributed by atoms with Crippen LogP contribution in [0.5, 0.6) is 0 Å². The number of aromatic nitrogens is 2. The van der Waals surface area contributed by atoms with Crippen LogP contribution in [-0.2, 0) is 6.54 Å². The summed E-state index contributed by atoms with van der Waals surface area (Å²) in [4.78, 5) is 22.3. The van der Waals surface area contributed by atoms with Crippen LogP contribution >= 0.6 is 0 Å². The third kappa shape index (κ3) is 2.40. The highest BCUT2D eigenvalue weighted by molar-refractivity contribution is 5.94. The van der Waals surface area contributed by atoms with Gasteiger partial charge in [0.25, 0.3) is 5.91 Å². The summed E-state index contributed by atoms with van der Waals surface area (Å²) in [5.41, 5.74) is 1.11. The van der Waals surface area contributed by atoms with Gasteiger partial charge in [0.15, 0.2) is 0 Å². The van der Waals surface area contributed by atoms with Crippen molar-refractivity contribution in [2.24, 2.45) is 0 Å². The van der Waals surface area contributed by atoms with Gasteiger partial charge in [0.05, 0.1) is 18.3 Å². The predicted molar refractivity (Wildman–Crippen MR) is 60.2 cm³/mol. The van der Waals surface area contributed by atoms with Gasteiger partial charge in [-0.15, -0.1) is 0 Å². The molecule has 2 aromatic rings. The molecular formula is C11H11N3O4. The number of nitrogens with zero attached hydrogens (tertiary/aromatic N) is 1. The van der Waals surface area contributed by atoms with Gasteiger partial charge in [0.2, 0.25) is 5.76 Å². The number of carboxylic acids is 1. The van der Waals surface area contributed by atoms with Crippen molar-refractivity contribution in [3.8, 4) is 0 Å². The van der Waals surface area contributed by atoms with Gasteiger partial charge in [-0.3, -0.25) is 9.89 Å². The molecule has 0 fully saturated rings. The lowest BCUT2D eigenvalue weighted by atomic mass is 10.2. The van der Waals surface area contributed by atoms with Crippen molar-refractivity contribution < 1.29 is 19.1 Å². The number of aromatic amines is 1. The van der Waals surface area contributed by atoms with Gasteiger partial charge in [-0.2, -0.15) is 5.10 Å². The summed E-state index contributed by atoms with van der Waals surface area (Å²) in [6, 6.07) is 2.85. The fourth-order valence-electron chi connectivity index (χ4n) is 1.43. The molecule has 0 atom stereocenters. The standard InChI is InChI=1S/C11H11N3O4/c1-6-8(5-13-14-6)10(15)12-4-7-2-3-9(18-7)11(16)17/h2-3,5H,4H2,1H3,(H,12,15)(H,13,14)(H,16,17). The Labute approximate surface area is 102 Å². The maximum atomic E-state index is 11.7. The summed E-state index contributed by atoms with van der Waals surface area (Å²) < 4.78 is 5.01. The van der Waals surface area contributed by atoms with E-state index >= 15 is 0 Å². The molecule has 0 aliphatic heterocycles. The molecule has 1 amide bonds. The minimum absolute atomic E-state index is 0.122. The predicted octanol–water partition coefficient (Wildman–Crippen LogP) is 0.939. The molecule has 0 aliphatic carbocycles. The van der Waals surface area contributed by atoms with E-state index in [9.17, 15) is 9.59 Å². The summed E-state index contributed by atoms with van der Waals surface area (Å²) in [5.74, 6) is -1.21. The Bertz CT molecular complexity index is 585. The summed E-state index contributed by atoms with van der Waals surface area (Å²) in [6.45, 7) is 1.86. The first-order chi connectivity index (χ1) is 8.58. The first-order valence-electron chi connectivity index (χ1n) is 5.18. The maximum absolute atomic E-state index is 11.7. The number of furan rings is 1. The number of carbonyl (C=O) groups excluding carboxylic acids is 1. The highest BCUT2D eigenvalue weighted by Crippen LogP contribution is 2.08. The van der Waals surface area contributed by atoms with E-state index in [1.165, 1.54) is 18.3 Å². The van der Waals surface area contributed by atoms with Gasteiger partial charge < -0.3 is 14.8 Å². The summed E-state index contributed by atoms with van der Waals surface area (Å²) in [6.07, 6.45) is 1.43. The van der Waals surface area contributed by atoms with Crippen molar-refractivity contribution in [2.75, 3.05) is 0 Å². The van der Waals surface area contributed by atoms with Crippen molar-refractivity contribution in [3.05, 3.63) is 41.1 Å². The Morgan fingerprint density at radius 3 is 2.83 bits per heavy atom. The Morgan fingerprint density at radius 1 is 1.50 bits per heavy atom. The minimum Gasteiger partial charge on any atom is -0.475 e. The molecule has 0 radical (unpaired) electrons. The van der Waals surface area contributed by atoms with Crippen LogP contribution in [0.15, 0.2) is 22.7 Å². The van der Waals surface area contributed by atoms with Crippen molar-refractivity contribution in [1.29, 1.82) is 0 Å². The number of hydrogen-bond donors (Lipinski definition) is 3. The first-order valence-corrected chi connectivity index (χ1v) is 5.18. The maximum Gasteiger partial charge on any atom is 0.371 e. The van der Waals surface area contributed by atoms with Crippen LogP contribution in [0.3, 0.4) is 0 Å². The molecular weight excluding hydrogens is 238 g/mol. The number of nitrogens with one attached hydrogen (secondary N) is 2. The smallest absolute Gasteiger partial charge is 0.371 e. The van der Waals surface area contributed by atoms with E-state index in [2.05, 4.69) is 15.5 Å². The molecule has 0 bridgehead atoms. The molecule has 94 valence electrons. The number of rotatable bonds is 4. The van der Waals surface area contributed by atoms with Crippen LogP contribution in [0.25, 0.3) is 0 Å². The first kappa shape index (κ1) is 11.9. The molecule has 2 aromatic heterocycles. The van der Waals surface area contributed by atoms with E-state index < -0.39 is 5.97 Å². The van der Waals surface area contributed by atoms with Crippen molar-refractivity contribution in [3.63, 3.8) is 0 Å². The third-order valence-corrected chi connectivity index (χ3v) is 2.37. The Morgan fingerprint density at radius 2 is 2.28 bits per heavy atom. The molecule has 18 heavy (non-hydrogen) atoms. The fourth-order valence-corrected chi connectivity index (χ4v) is 1.43. The lowest BCUT2D eigenvalue weighted by Gasteiger charge is -2.01. The second-order valence-corrected chi connectivity index (χ2v) is 3.66. The summed E-state index contributed by atoms with van der Waals surface area (Å²) in [5, 5.41) is 17.7. The van der Waals surface area contributed by atoms with Gasteiger partial charge in [-0.1, -0.05) is 0 Å². The van der Waals surface area contributed by atoms with E-state index in [4.69, 9.17) is 9.52 Å². The molecule has 7 heteroatoms. The lowest BCUT2D eigenvalue weighted by Crippen LogP contribution is -2.22. The number of aryl methyl sites for hydroxylation is 1. The van der Waals surface area contributed by atoms with E-state index in [1.807, 2.05) is 0 Å². The molecule has 3 N–H and O–H groups in total. The van der Waals surface area contributed by atoms with Gasteiger partial charge in [-0.05, 0) is 19.1 Å². The zero-order valence-corrected chi connectivity index (χ0v) is 9.56.